The Labute approximate surface area is 154 Å². The highest BCUT2D eigenvalue weighted by molar-refractivity contribution is 5.93. The zero-order valence-corrected chi connectivity index (χ0v) is 16.5. The minimum atomic E-state index is -1.22. The van der Waals surface area contributed by atoms with Gasteiger partial charge in [0, 0.05) is 12.3 Å². The lowest BCUT2D eigenvalue weighted by molar-refractivity contribution is -0.209. The normalized spacial score (nSPS) is 54.6. The SMILES string of the molecule is C[C@@H]1O[C@]1(C)C(=O)O[C@@H]1CC[C@]2(C)CC(=O)[C@]3(C[C@H]2[C@]1(C)O)OC3(C)C. The number of Topliss-reactive ketones (excluding diaryl/α,β-unsaturated/α-hetero) is 1. The van der Waals surface area contributed by atoms with Crippen molar-refractivity contribution in [2.75, 3.05) is 0 Å². The Morgan fingerprint density at radius 2 is 1.81 bits per heavy atom. The summed E-state index contributed by atoms with van der Waals surface area (Å²) in [5.74, 6) is -0.449. The molecule has 4 aliphatic rings. The molecule has 7 atom stereocenters. The lowest BCUT2D eigenvalue weighted by atomic mass is 9.51. The number of ether oxygens (including phenoxy) is 3. The standard InChI is InChI=1S/C20H30O6/c1-11-19(6,25-11)15(22)24-14-7-8-17(4)10-13(21)20(16(2,3)26-20)9-12(17)18(14,5)23/h11-12,14,23H,7-10H2,1-6H3/t11-,12+,14+,17+,18-,19-,20-/m0/s1. The number of aliphatic hydroxyl groups is 1. The molecule has 6 nitrogen and oxygen atoms in total. The van der Waals surface area contributed by atoms with Crippen molar-refractivity contribution >= 4 is 11.8 Å². The van der Waals surface area contributed by atoms with Gasteiger partial charge in [0.2, 0.25) is 0 Å². The van der Waals surface area contributed by atoms with Crippen molar-refractivity contribution in [1.82, 2.24) is 0 Å². The van der Waals surface area contributed by atoms with Crippen molar-refractivity contribution < 1.29 is 28.9 Å². The Morgan fingerprint density at radius 1 is 1.23 bits per heavy atom. The minimum absolute atomic E-state index is 0.139. The van der Waals surface area contributed by atoms with Crippen molar-refractivity contribution in [3.05, 3.63) is 0 Å². The largest absolute Gasteiger partial charge is 0.457 e. The summed E-state index contributed by atoms with van der Waals surface area (Å²) in [6.45, 7) is 11.2. The molecule has 1 N–H and O–H groups in total. The summed E-state index contributed by atoms with van der Waals surface area (Å²) in [7, 11) is 0. The zero-order chi connectivity index (χ0) is 19.3. The predicted octanol–water partition coefficient (Wildman–Crippen LogP) is 2.15. The first-order valence-corrected chi connectivity index (χ1v) is 9.63. The molecule has 146 valence electrons. The Hall–Kier alpha value is -0.980. The fraction of sp³-hybridized carbons (Fsp3) is 0.900. The molecule has 2 saturated carbocycles. The molecule has 2 heterocycles. The summed E-state index contributed by atoms with van der Waals surface area (Å²) in [5.41, 5.74) is -3.71. The van der Waals surface area contributed by atoms with Gasteiger partial charge in [-0.2, -0.15) is 0 Å². The van der Waals surface area contributed by atoms with Crippen LogP contribution < -0.4 is 0 Å². The quantitative estimate of drug-likeness (QED) is 0.595. The molecule has 0 radical (unpaired) electrons. The van der Waals surface area contributed by atoms with Crippen LogP contribution in [0, 0.1) is 11.3 Å². The van der Waals surface area contributed by atoms with Gasteiger partial charge in [0.15, 0.2) is 17.0 Å². The van der Waals surface area contributed by atoms with Crippen LogP contribution in [0.15, 0.2) is 0 Å². The number of carbonyl (C=O) groups excluding carboxylic acids is 2. The molecule has 2 aliphatic heterocycles. The second-order valence-corrected chi connectivity index (χ2v) is 9.98. The molecule has 1 spiro atoms. The highest BCUT2D eigenvalue weighted by atomic mass is 16.7. The third kappa shape index (κ3) is 2.21. The van der Waals surface area contributed by atoms with Crippen LogP contribution >= 0.6 is 0 Å². The van der Waals surface area contributed by atoms with Gasteiger partial charge in [0.05, 0.1) is 6.10 Å². The highest BCUT2D eigenvalue weighted by Crippen LogP contribution is 2.64. The van der Waals surface area contributed by atoms with E-state index in [1.807, 2.05) is 20.8 Å². The number of hydrogen-bond acceptors (Lipinski definition) is 6. The molecule has 0 aromatic heterocycles. The van der Waals surface area contributed by atoms with Gasteiger partial charge in [0.25, 0.3) is 0 Å². The van der Waals surface area contributed by atoms with Gasteiger partial charge in [-0.3, -0.25) is 4.79 Å². The second-order valence-electron chi connectivity index (χ2n) is 9.98. The molecule has 2 aliphatic carbocycles. The molecular formula is C20H30O6. The number of hydrogen-bond donors (Lipinski definition) is 1. The monoisotopic (exact) mass is 366 g/mol. The van der Waals surface area contributed by atoms with Crippen molar-refractivity contribution in [2.45, 2.75) is 102 Å². The molecule has 2 saturated heterocycles. The Balaban J connectivity index is 1.58. The maximum atomic E-state index is 12.8. The average Bonchev–Trinajstić information content (AvgIpc) is 3.31. The lowest BCUT2D eigenvalue weighted by Crippen LogP contribution is -2.63. The maximum Gasteiger partial charge on any atom is 0.341 e. The van der Waals surface area contributed by atoms with Gasteiger partial charge in [-0.1, -0.05) is 6.92 Å². The lowest BCUT2D eigenvalue weighted by Gasteiger charge is -2.55. The van der Waals surface area contributed by atoms with Gasteiger partial charge >= 0.3 is 5.97 Å². The van der Waals surface area contributed by atoms with Crippen LogP contribution in [0.1, 0.15) is 67.2 Å². The summed E-state index contributed by atoms with van der Waals surface area (Å²) in [5, 5.41) is 11.4. The predicted molar refractivity (Wildman–Crippen MR) is 92.4 cm³/mol. The maximum absolute atomic E-state index is 12.8. The number of fused-ring (bicyclic) bond motifs is 1. The van der Waals surface area contributed by atoms with E-state index in [9.17, 15) is 14.7 Å². The highest BCUT2D eigenvalue weighted by Gasteiger charge is 2.74. The minimum Gasteiger partial charge on any atom is -0.457 e. The van der Waals surface area contributed by atoms with E-state index in [-0.39, 0.29) is 23.2 Å². The summed E-state index contributed by atoms with van der Waals surface area (Å²) >= 11 is 0. The van der Waals surface area contributed by atoms with Gasteiger partial charge in [-0.25, -0.2) is 4.79 Å². The molecule has 6 heteroatoms. The van der Waals surface area contributed by atoms with Crippen molar-refractivity contribution in [1.29, 1.82) is 0 Å². The van der Waals surface area contributed by atoms with Crippen LogP contribution in [0.2, 0.25) is 0 Å². The summed E-state index contributed by atoms with van der Waals surface area (Å²) in [4.78, 5) is 25.3. The third-order valence-electron chi connectivity index (χ3n) is 7.84. The van der Waals surface area contributed by atoms with Crippen molar-refractivity contribution in [3.8, 4) is 0 Å². The summed E-state index contributed by atoms with van der Waals surface area (Å²) in [6.07, 6.45) is 1.39. The van der Waals surface area contributed by atoms with Gasteiger partial charge in [-0.05, 0) is 59.3 Å². The average molecular weight is 366 g/mol. The number of rotatable bonds is 2. The fourth-order valence-electron chi connectivity index (χ4n) is 5.49. The van der Waals surface area contributed by atoms with Gasteiger partial charge in [0.1, 0.15) is 17.3 Å². The first kappa shape index (κ1) is 18.4. The Morgan fingerprint density at radius 3 is 2.31 bits per heavy atom. The van der Waals surface area contributed by atoms with E-state index in [0.717, 1.165) is 6.42 Å². The van der Waals surface area contributed by atoms with Gasteiger partial charge in [-0.15, -0.1) is 0 Å². The van der Waals surface area contributed by atoms with E-state index >= 15 is 0 Å². The van der Waals surface area contributed by atoms with Crippen LogP contribution in [-0.4, -0.2) is 51.5 Å². The molecule has 0 unspecified atom stereocenters. The van der Waals surface area contributed by atoms with Crippen LogP contribution in [0.5, 0.6) is 0 Å². The molecule has 4 rings (SSSR count). The molecule has 0 bridgehead atoms. The number of carbonyl (C=O) groups is 2. The second kappa shape index (κ2) is 4.89. The van der Waals surface area contributed by atoms with E-state index in [0.29, 0.717) is 19.3 Å². The molecule has 26 heavy (non-hydrogen) atoms. The number of ketones is 1. The molecule has 0 aromatic rings. The fourth-order valence-corrected chi connectivity index (χ4v) is 5.49. The molecule has 0 aromatic carbocycles. The number of esters is 1. The topological polar surface area (TPSA) is 88.7 Å². The molecule has 4 fully saturated rings. The van der Waals surface area contributed by atoms with Gasteiger partial charge < -0.3 is 19.3 Å². The summed E-state index contributed by atoms with van der Waals surface area (Å²) in [6, 6.07) is 0. The third-order valence-corrected chi connectivity index (χ3v) is 7.84. The summed E-state index contributed by atoms with van der Waals surface area (Å²) < 4.78 is 16.9. The van der Waals surface area contributed by atoms with E-state index in [1.165, 1.54) is 0 Å². The smallest absolute Gasteiger partial charge is 0.341 e. The molecular weight excluding hydrogens is 336 g/mol. The Kier molecular flexibility index (Phi) is 3.46. The first-order valence-electron chi connectivity index (χ1n) is 9.63. The van der Waals surface area contributed by atoms with E-state index < -0.39 is 34.5 Å². The van der Waals surface area contributed by atoms with Crippen LogP contribution in [0.3, 0.4) is 0 Å². The van der Waals surface area contributed by atoms with Crippen LogP contribution in [0.25, 0.3) is 0 Å². The van der Waals surface area contributed by atoms with E-state index in [1.54, 1.807) is 13.8 Å². The number of epoxide rings is 2. The zero-order valence-electron chi connectivity index (χ0n) is 16.5. The van der Waals surface area contributed by atoms with Crippen LogP contribution in [-0.2, 0) is 23.8 Å². The van der Waals surface area contributed by atoms with Crippen molar-refractivity contribution in [3.63, 3.8) is 0 Å². The Bertz CT molecular complexity index is 684. The van der Waals surface area contributed by atoms with E-state index in [2.05, 4.69) is 6.92 Å². The van der Waals surface area contributed by atoms with Crippen LogP contribution in [0.4, 0.5) is 0 Å². The van der Waals surface area contributed by atoms with Crippen molar-refractivity contribution in [2.24, 2.45) is 11.3 Å². The first-order chi connectivity index (χ1) is 11.8. The molecule has 0 amide bonds. The van der Waals surface area contributed by atoms with E-state index in [4.69, 9.17) is 14.2 Å².